The Balaban J connectivity index is 2.47. The molecule has 0 spiro atoms. The van der Waals surface area contributed by atoms with Gasteiger partial charge in [0.2, 0.25) is 0 Å². The highest BCUT2D eigenvalue weighted by Crippen LogP contribution is 2.37. The van der Waals surface area contributed by atoms with E-state index in [9.17, 15) is 0 Å². The summed E-state index contributed by atoms with van der Waals surface area (Å²) in [6, 6.07) is 11.3. The fourth-order valence-corrected chi connectivity index (χ4v) is 3.16. The van der Waals surface area contributed by atoms with Crippen LogP contribution in [0.2, 0.25) is 10.0 Å². The van der Waals surface area contributed by atoms with Gasteiger partial charge in [0.05, 0.1) is 5.38 Å². The molecule has 0 aliphatic heterocycles. The van der Waals surface area contributed by atoms with Crippen molar-refractivity contribution in [2.45, 2.75) is 12.3 Å². The summed E-state index contributed by atoms with van der Waals surface area (Å²) in [4.78, 5) is 0. The zero-order valence-electron chi connectivity index (χ0n) is 9.55. The lowest BCUT2D eigenvalue weighted by molar-refractivity contribution is 1.11. The summed E-state index contributed by atoms with van der Waals surface area (Å²) < 4.78 is 1.03. The normalized spacial score (nSPS) is 12.5. The first-order valence-corrected chi connectivity index (χ1v) is 7.32. The highest BCUT2D eigenvalue weighted by atomic mass is 79.9. The van der Waals surface area contributed by atoms with Crippen molar-refractivity contribution in [3.05, 3.63) is 67.6 Å². The number of halogens is 4. The van der Waals surface area contributed by atoms with Crippen LogP contribution in [0, 0.1) is 6.92 Å². The van der Waals surface area contributed by atoms with Crippen molar-refractivity contribution < 1.29 is 0 Å². The Hall–Kier alpha value is -0.210. The van der Waals surface area contributed by atoms with Gasteiger partial charge in [0.15, 0.2) is 0 Å². The van der Waals surface area contributed by atoms with Crippen molar-refractivity contribution in [2.24, 2.45) is 0 Å². The zero-order valence-corrected chi connectivity index (χ0v) is 13.4. The van der Waals surface area contributed by atoms with E-state index in [1.165, 1.54) is 0 Å². The summed E-state index contributed by atoms with van der Waals surface area (Å²) in [5.74, 6) is 0. The summed E-state index contributed by atoms with van der Waals surface area (Å²) in [5.41, 5.74) is 2.97. The van der Waals surface area contributed by atoms with Gasteiger partial charge in [0.1, 0.15) is 0 Å². The largest absolute Gasteiger partial charge is 0.113 e. The van der Waals surface area contributed by atoms with Gasteiger partial charge >= 0.3 is 0 Å². The maximum absolute atomic E-state index is 6.51. The minimum Gasteiger partial charge on any atom is -0.113 e. The lowest BCUT2D eigenvalue weighted by Gasteiger charge is -2.15. The van der Waals surface area contributed by atoms with Crippen molar-refractivity contribution in [3.8, 4) is 0 Å². The molecule has 0 saturated heterocycles. The molecule has 0 aliphatic carbocycles. The Kier molecular flexibility index (Phi) is 4.60. The van der Waals surface area contributed by atoms with Crippen LogP contribution in [-0.4, -0.2) is 0 Å². The molecule has 0 fully saturated rings. The molecule has 0 aliphatic rings. The molecule has 2 aromatic rings. The Bertz CT molecular complexity index is 581. The first-order valence-electron chi connectivity index (χ1n) is 5.34. The molecule has 0 bridgehead atoms. The molecule has 0 heterocycles. The summed E-state index contributed by atoms with van der Waals surface area (Å²) in [6.45, 7) is 2.02. The Morgan fingerprint density at radius 3 is 2.39 bits per heavy atom. The molecule has 0 radical (unpaired) electrons. The van der Waals surface area contributed by atoms with Crippen LogP contribution in [0.4, 0.5) is 0 Å². The molecule has 1 atom stereocenters. The number of benzene rings is 2. The smallest absolute Gasteiger partial charge is 0.0852 e. The summed E-state index contributed by atoms with van der Waals surface area (Å²) in [7, 11) is 0. The van der Waals surface area contributed by atoms with Crippen molar-refractivity contribution in [1.29, 1.82) is 0 Å². The zero-order chi connectivity index (χ0) is 13.3. The van der Waals surface area contributed by atoms with Gasteiger partial charge < -0.3 is 0 Å². The minimum absolute atomic E-state index is 0.302. The fourth-order valence-electron chi connectivity index (χ4n) is 1.80. The molecule has 2 rings (SSSR count). The number of hydrogen-bond donors (Lipinski definition) is 0. The van der Waals surface area contributed by atoms with Gasteiger partial charge in [0, 0.05) is 14.5 Å². The van der Waals surface area contributed by atoms with Crippen LogP contribution >= 0.6 is 50.7 Å². The van der Waals surface area contributed by atoms with Gasteiger partial charge in [-0.25, -0.2) is 0 Å². The van der Waals surface area contributed by atoms with Gasteiger partial charge in [-0.15, -0.1) is 11.6 Å². The van der Waals surface area contributed by atoms with E-state index in [4.69, 9.17) is 34.8 Å². The second-order valence-electron chi connectivity index (χ2n) is 4.03. The van der Waals surface area contributed by atoms with E-state index in [2.05, 4.69) is 15.9 Å². The third kappa shape index (κ3) is 3.03. The Morgan fingerprint density at radius 2 is 1.72 bits per heavy atom. The van der Waals surface area contributed by atoms with E-state index < -0.39 is 0 Å². The predicted molar refractivity (Wildman–Crippen MR) is 83.0 cm³/mol. The van der Waals surface area contributed by atoms with Gasteiger partial charge in [-0.3, -0.25) is 0 Å². The second-order valence-corrected chi connectivity index (χ2v) is 6.23. The number of aryl methyl sites for hydroxylation is 1. The molecule has 0 nitrogen and oxygen atoms in total. The third-order valence-electron chi connectivity index (χ3n) is 2.74. The maximum Gasteiger partial charge on any atom is 0.0852 e. The molecule has 0 saturated carbocycles. The van der Waals surface area contributed by atoms with Crippen LogP contribution in [0.3, 0.4) is 0 Å². The Morgan fingerprint density at radius 1 is 1.00 bits per heavy atom. The maximum atomic E-state index is 6.51. The number of hydrogen-bond acceptors (Lipinski definition) is 0. The van der Waals surface area contributed by atoms with Crippen LogP contribution in [-0.2, 0) is 0 Å². The molecule has 0 aromatic heterocycles. The molecular formula is C14H10BrCl3. The lowest BCUT2D eigenvalue weighted by atomic mass is 10.00. The van der Waals surface area contributed by atoms with E-state index in [0.717, 1.165) is 21.2 Å². The average molecular weight is 364 g/mol. The van der Waals surface area contributed by atoms with Crippen LogP contribution in [0.15, 0.2) is 40.9 Å². The van der Waals surface area contributed by atoms with Gasteiger partial charge in [-0.2, -0.15) is 0 Å². The summed E-state index contributed by atoms with van der Waals surface area (Å²) in [6.07, 6.45) is 0. The quantitative estimate of drug-likeness (QED) is 0.541. The molecule has 94 valence electrons. The van der Waals surface area contributed by atoms with Gasteiger partial charge in [-0.1, -0.05) is 45.2 Å². The van der Waals surface area contributed by atoms with E-state index in [1.54, 1.807) is 12.1 Å². The van der Waals surface area contributed by atoms with Gasteiger partial charge in [0.25, 0.3) is 0 Å². The molecule has 2 aromatic carbocycles. The molecule has 1 unspecified atom stereocenters. The fraction of sp³-hybridized carbons (Fsp3) is 0.143. The van der Waals surface area contributed by atoms with Crippen molar-refractivity contribution in [2.75, 3.05) is 0 Å². The van der Waals surface area contributed by atoms with Crippen molar-refractivity contribution in [1.82, 2.24) is 0 Å². The predicted octanol–water partition coefficient (Wildman–Crippen LogP) is 6.39. The first-order chi connectivity index (χ1) is 8.49. The molecular weight excluding hydrogens is 354 g/mol. The minimum atomic E-state index is -0.302. The van der Waals surface area contributed by atoms with Crippen LogP contribution in [0.25, 0.3) is 0 Å². The van der Waals surface area contributed by atoms with E-state index in [-0.39, 0.29) is 5.38 Å². The first kappa shape index (κ1) is 14.2. The number of rotatable bonds is 2. The Labute approximate surface area is 130 Å². The van der Waals surface area contributed by atoms with E-state index >= 15 is 0 Å². The summed E-state index contributed by atoms with van der Waals surface area (Å²) in [5, 5.41) is 0.959. The standard InChI is InChI=1S/C14H10BrCl3/c1-8-6-9(15)2-4-11(8)14(18)12-7-10(16)3-5-13(12)17/h2-7,14H,1H3. The average Bonchev–Trinajstić information content (AvgIpc) is 2.31. The monoisotopic (exact) mass is 362 g/mol. The van der Waals surface area contributed by atoms with Crippen LogP contribution < -0.4 is 0 Å². The SMILES string of the molecule is Cc1cc(Br)ccc1C(Cl)c1cc(Cl)ccc1Cl. The molecule has 18 heavy (non-hydrogen) atoms. The van der Waals surface area contributed by atoms with Gasteiger partial charge in [-0.05, 0) is 53.9 Å². The van der Waals surface area contributed by atoms with Crippen LogP contribution in [0.1, 0.15) is 22.1 Å². The highest BCUT2D eigenvalue weighted by Gasteiger charge is 2.16. The van der Waals surface area contributed by atoms with Crippen LogP contribution in [0.5, 0.6) is 0 Å². The third-order valence-corrected chi connectivity index (χ3v) is 4.28. The molecule has 4 heteroatoms. The second kappa shape index (κ2) is 5.83. The van der Waals surface area contributed by atoms with Crippen molar-refractivity contribution in [3.63, 3.8) is 0 Å². The molecule has 0 amide bonds. The highest BCUT2D eigenvalue weighted by molar-refractivity contribution is 9.10. The van der Waals surface area contributed by atoms with E-state index in [1.807, 2.05) is 31.2 Å². The molecule has 0 N–H and O–H groups in total. The van der Waals surface area contributed by atoms with Crippen molar-refractivity contribution >= 4 is 50.7 Å². The summed E-state index contributed by atoms with van der Waals surface area (Å²) >= 11 is 22.1. The number of alkyl halides is 1. The lowest BCUT2D eigenvalue weighted by Crippen LogP contribution is -1.97. The topological polar surface area (TPSA) is 0 Å². The van der Waals surface area contributed by atoms with E-state index in [0.29, 0.717) is 10.0 Å².